The molecule has 36 heavy (non-hydrogen) atoms. The molecule has 0 aliphatic carbocycles. The number of hydrogen-bond donors (Lipinski definition) is 0. The number of ether oxygens (including phenoxy) is 2. The number of para-hydroxylation sites is 1. The van der Waals surface area contributed by atoms with Gasteiger partial charge in [0.05, 0.1) is 24.3 Å². The number of methoxy groups -OCH3 is 1. The van der Waals surface area contributed by atoms with Crippen LogP contribution in [0.15, 0.2) is 72.8 Å². The van der Waals surface area contributed by atoms with E-state index in [0.717, 1.165) is 49.9 Å². The Morgan fingerprint density at radius 3 is 2.33 bits per heavy atom. The lowest BCUT2D eigenvalue weighted by molar-refractivity contribution is -0.134. The topological polar surface area (TPSA) is 79.6 Å². The smallest absolute Gasteiger partial charge is 0.337 e. The minimum Gasteiger partial charge on any atom is -0.483 e. The number of hydrogen-bond acceptors (Lipinski definition) is 5. The van der Waals surface area contributed by atoms with E-state index in [1.54, 1.807) is 12.1 Å². The van der Waals surface area contributed by atoms with E-state index >= 15 is 0 Å². The monoisotopic (exact) mass is 482 g/mol. The van der Waals surface area contributed by atoms with E-state index in [1.165, 1.54) is 12.7 Å². The third kappa shape index (κ3) is 6.31. The maximum Gasteiger partial charge on any atom is 0.337 e. The number of nitriles is 1. The van der Waals surface area contributed by atoms with Crippen LogP contribution in [0.3, 0.4) is 0 Å². The molecule has 0 spiro atoms. The van der Waals surface area contributed by atoms with E-state index in [2.05, 4.69) is 6.07 Å². The fraction of sp³-hybridized carbons (Fsp3) is 0.300. The van der Waals surface area contributed by atoms with Gasteiger partial charge < -0.3 is 14.4 Å². The van der Waals surface area contributed by atoms with Crippen molar-refractivity contribution in [3.63, 3.8) is 0 Å². The Balaban J connectivity index is 1.24. The second-order valence-electron chi connectivity index (χ2n) is 9.03. The maximum atomic E-state index is 12.8. The number of esters is 1. The second kappa shape index (κ2) is 12.0. The molecule has 1 fully saturated rings. The van der Waals surface area contributed by atoms with Crippen LogP contribution in [-0.4, -0.2) is 43.6 Å². The highest BCUT2D eigenvalue weighted by atomic mass is 16.5. The Bertz CT molecular complexity index is 1220. The fourth-order valence-electron chi connectivity index (χ4n) is 4.55. The molecule has 0 N–H and O–H groups in total. The first-order valence-electron chi connectivity index (χ1n) is 12.2. The van der Waals surface area contributed by atoms with Crippen LogP contribution in [0.2, 0.25) is 0 Å². The minimum atomic E-state index is -0.319. The molecule has 1 heterocycles. The van der Waals surface area contributed by atoms with Crippen LogP contribution in [0, 0.1) is 17.2 Å². The molecule has 0 saturated carbocycles. The lowest BCUT2D eigenvalue weighted by Gasteiger charge is -2.32. The van der Waals surface area contributed by atoms with Crippen LogP contribution >= 0.6 is 0 Å². The van der Waals surface area contributed by atoms with Gasteiger partial charge in [-0.25, -0.2) is 4.79 Å². The number of nitrogens with zero attached hydrogens (tertiary/aromatic N) is 2. The fourth-order valence-corrected chi connectivity index (χ4v) is 4.55. The molecular weight excluding hydrogens is 452 g/mol. The Morgan fingerprint density at radius 1 is 0.972 bits per heavy atom. The molecule has 3 aromatic carbocycles. The summed E-state index contributed by atoms with van der Waals surface area (Å²) in [6.07, 6.45) is 3.98. The van der Waals surface area contributed by atoms with Crippen LogP contribution in [0.4, 0.5) is 0 Å². The van der Waals surface area contributed by atoms with Gasteiger partial charge in [0, 0.05) is 18.7 Å². The van der Waals surface area contributed by atoms with Gasteiger partial charge in [-0.3, -0.25) is 4.79 Å². The number of piperidine rings is 1. The van der Waals surface area contributed by atoms with E-state index in [0.29, 0.717) is 22.8 Å². The summed E-state index contributed by atoms with van der Waals surface area (Å²) in [6, 6.07) is 24.7. The van der Waals surface area contributed by atoms with Gasteiger partial charge in [-0.1, -0.05) is 42.5 Å². The van der Waals surface area contributed by atoms with Crippen molar-refractivity contribution >= 4 is 11.9 Å². The molecule has 6 nitrogen and oxygen atoms in total. The highest BCUT2D eigenvalue weighted by molar-refractivity contribution is 5.89. The molecule has 184 valence electrons. The van der Waals surface area contributed by atoms with Gasteiger partial charge in [-0.05, 0) is 73.1 Å². The normalized spacial score (nSPS) is 13.6. The average Bonchev–Trinajstić information content (AvgIpc) is 2.95. The Hall–Kier alpha value is -4.11. The van der Waals surface area contributed by atoms with Gasteiger partial charge in [0.2, 0.25) is 0 Å². The first kappa shape index (κ1) is 25.0. The van der Waals surface area contributed by atoms with Crippen molar-refractivity contribution in [3.8, 4) is 22.9 Å². The molecule has 1 amide bonds. The molecule has 6 heteroatoms. The zero-order valence-corrected chi connectivity index (χ0v) is 20.5. The van der Waals surface area contributed by atoms with Gasteiger partial charge in [-0.2, -0.15) is 5.26 Å². The lowest BCUT2D eigenvalue weighted by atomic mass is 9.90. The summed E-state index contributed by atoms with van der Waals surface area (Å²) < 4.78 is 10.7. The number of carbonyl (C=O) groups is 2. The molecule has 4 rings (SSSR count). The second-order valence-corrected chi connectivity index (χ2v) is 9.03. The maximum absolute atomic E-state index is 12.8. The summed E-state index contributed by atoms with van der Waals surface area (Å²) in [4.78, 5) is 26.3. The highest BCUT2D eigenvalue weighted by Gasteiger charge is 2.23. The van der Waals surface area contributed by atoms with Crippen molar-refractivity contribution in [1.82, 2.24) is 4.90 Å². The molecule has 1 saturated heterocycles. The van der Waals surface area contributed by atoms with Crippen molar-refractivity contribution in [2.45, 2.75) is 25.7 Å². The Morgan fingerprint density at radius 2 is 1.67 bits per heavy atom. The lowest BCUT2D eigenvalue weighted by Crippen LogP contribution is -2.41. The number of amides is 1. The van der Waals surface area contributed by atoms with Gasteiger partial charge in [0.1, 0.15) is 5.75 Å². The number of rotatable bonds is 8. The quantitative estimate of drug-likeness (QED) is 0.409. The molecule has 0 atom stereocenters. The van der Waals surface area contributed by atoms with Crippen LogP contribution in [0.25, 0.3) is 11.1 Å². The van der Waals surface area contributed by atoms with Crippen molar-refractivity contribution in [1.29, 1.82) is 5.26 Å². The predicted octanol–water partition coefficient (Wildman–Crippen LogP) is 5.26. The SMILES string of the molecule is COC(=O)c1ccc(CCC2CCN(C(=O)COc3ccccc3-c3ccc(C#N)cc3)CC2)cc1. The minimum absolute atomic E-state index is 0.00137. The molecular formula is C30H30N2O4. The van der Waals surface area contributed by atoms with E-state index in [4.69, 9.17) is 14.7 Å². The van der Waals surface area contributed by atoms with Gasteiger partial charge >= 0.3 is 5.97 Å². The number of carbonyl (C=O) groups excluding carboxylic acids is 2. The first-order valence-corrected chi connectivity index (χ1v) is 12.2. The van der Waals surface area contributed by atoms with Crippen molar-refractivity contribution < 1.29 is 19.1 Å². The van der Waals surface area contributed by atoms with Gasteiger partial charge in [0.15, 0.2) is 6.61 Å². The summed E-state index contributed by atoms with van der Waals surface area (Å²) in [5.74, 6) is 0.915. The summed E-state index contributed by atoms with van der Waals surface area (Å²) in [5.41, 5.74) is 4.21. The van der Waals surface area contributed by atoms with Gasteiger partial charge in [-0.15, -0.1) is 0 Å². The van der Waals surface area contributed by atoms with Crippen molar-refractivity contribution in [2.75, 3.05) is 26.8 Å². The molecule has 0 aromatic heterocycles. The van der Waals surface area contributed by atoms with Crippen molar-refractivity contribution in [2.24, 2.45) is 5.92 Å². The zero-order chi connectivity index (χ0) is 25.3. The molecule has 0 bridgehead atoms. The summed E-state index contributed by atoms with van der Waals surface area (Å²) >= 11 is 0. The van der Waals surface area contributed by atoms with Crippen LogP contribution in [0.5, 0.6) is 5.75 Å². The standard InChI is InChI=1S/C30H30N2O4/c1-35-30(34)26-14-8-22(9-15-26)6-7-23-16-18-32(19-17-23)29(33)21-36-28-5-3-2-4-27(28)25-12-10-24(20-31)11-13-25/h2-5,8-15,23H,6-7,16-19,21H2,1H3. The van der Waals surface area contributed by atoms with E-state index in [1.807, 2.05) is 65.6 Å². The van der Waals surface area contributed by atoms with Crippen LogP contribution in [0.1, 0.15) is 40.7 Å². The number of aryl methyl sites for hydroxylation is 1. The Kier molecular flexibility index (Phi) is 8.36. The van der Waals surface area contributed by atoms with Gasteiger partial charge in [0.25, 0.3) is 5.91 Å². The Labute approximate surface area is 212 Å². The van der Waals surface area contributed by atoms with E-state index in [-0.39, 0.29) is 18.5 Å². The summed E-state index contributed by atoms with van der Waals surface area (Å²) in [7, 11) is 1.38. The number of benzene rings is 3. The highest BCUT2D eigenvalue weighted by Crippen LogP contribution is 2.30. The molecule has 0 radical (unpaired) electrons. The molecule has 1 aliphatic heterocycles. The van der Waals surface area contributed by atoms with Crippen LogP contribution < -0.4 is 4.74 Å². The zero-order valence-electron chi connectivity index (χ0n) is 20.5. The van der Waals surface area contributed by atoms with Crippen LogP contribution in [-0.2, 0) is 16.0 Å². The molecule has 1 aliphatic rings. The third-order valence-corrected chi connectivity index (χ3v) is 6.75. The van der Waals surface area contributed by atoms with E-state index in [9.17, 15) is 9.59 Å². The van der Waals surface area contributed by atoms with Crippen molar-refractivity contribution in [3.05, 3.63) is 89.5 Å². The predicted molar refractivity (Wildman–Crippen MR) is 137 cm³/mol. The average molecular weight is 483 g/mol. The molecule has 0 unspecified atom stereocenters. The molecule has 3 aromatic rings. The summed E-state index contributed by atoms with van der Waals surface area (Å²) in [5, 5.41) is 9.02. The first-order chi connectivity index (χ1) is 17.6. The summed E-state index contributed by atoms with van der Waals surface area (Å²) in [6.45, 7) is 1.49. The third-order valence-electron chi connectivity index (χ3n) is 6.75. The number of likely N-dealkylation sites (tertiary alicyclic amines) is 1. The largest absolute Gasteiger partial charge is 0.483 e. The van der Waals surface area contributed by atoms with E-state index < -0.39 is 0 Å².